The normalized spacial score (nSPS) is 22.7. The van der Waals surface area contributed by atoms with Gasteiger partial charge in [0.2, 0.25) is 5.91 Å². The van der Waals surface area contributed by atoms with Gasteiger partial charge in [-0.15, -0.1) is 11.6 Å². The Labute approximate surface area is 82.6 Å². The molecule has 0 saturated carbocycles. The van der Waals surface area contributed by atoms with E-state index in [0.29, 0.717) is 6.04 Å². The zero-order valence-corrected chi connectivity index (χ0v) is 8.83. The fourth-order valence-corrected chi connectivity index (χ4v) is 2.86. The summed E-state index contributed by atoms with van der Waals surface area (Å²) in [7, 11) is 0. The smallest absolute Gasteiger partial charge is 0.237 e. The summed E-state index contributed by atoms with van der Waals surface area (Å²) in [5, 5.41) is 0. The standard InChI is InChI=1S/C8H14ClNOS/c1-2-10(8(11)5-9)7-3-4-12-6-7/h7H,2-6H2,1H3/t7-/m1/s1. The van der Waals surface area contributed by atoms with Crippen molar-refractivity contribution >= 4 is 29.3 Å². The van der Waals surface area contributed by atoms with Crippen LogP contribution >= 0.6 is 23.4 Å². The molecule has 1 amide bonds. The molecule has 0 aliphatic carbocycles. The molecule has 1 aliphatic heterocycles. The first-order valence-corrected chi connectivity index (χ1v) is 5.91. The summed E-state index contributed by atoms with van der Waals surface area (Å²) >= 11 is 7.42. The monoisotopic (exact) mass is 207 g/mol. The van der Waals surface area contributed by atoms with E-state index in [4.69, 9.17) is 11.6 Å². The molecule has 0 aromatic heterocycles. The van der Waals surface area contributed by atoms with Crippen LogP contribution in [0.15, 0.2) is 0 Å². The first kappa shape index (κ1) is 10.2. The average Bonchev–Trinajstić information content (AvgIpc) is 2.58. The van der Waals surface area contributed by atoms with Crippen LogP contribution in [0.2, 0.25) is 0 Å². The van der Waals surface area contributed by atoms with Crippen LogP contribution in [0.25, 0.3) is 0 Å². The van der Waals surface area contributed by atoms with Crippen molar-refractivity contribution in [2.45, 2.75) is 19.4 Å². The molecule has 0 spiro atoms. The van der Waals surface area contributed by atoms with E-state index in [1.165, 1.54) is 5.75 Å². The average molecular weight is 208 g/mol. The third-order valence-corrected chi connectivity index (χ3v) is 3.50. The summed E-state index contributed by atoms with van der Waals surface area (Å²) in [4.78, 5) is 13.2. The third-order valence-electron chi connectivity index (χ3n) is 2.12. The molecule has 70 valence electrons. The van der Waals surface area contributed by atoms with Crippen LogP contribution in [0.5, 0.6) is 0 Å². The highest BCUT2D eigenvalue weighted by Crippen LogP contribution is 2.22. The second-order valence-electron chi connectivity index (χ2n) is 2.83. The lowest BCUT2D eigenvalue weighted by Gasteiger charge is -2.26. The zero-order valence-electron chi connectivity index (χ0n) is 7.25. The fourth-order valence-electron chi connectivity index (χ4n) is 1.48. The molecule has 1 atom stereocenters. The van der Waals surface area contributed by atoms with E-state index in [1.807, 2.05) is 23.6 Å². The molecule has 1 heterocycles. The molecule has 0 N–H and O–H groups in total. The molecule has 2 nitrogen and oxygen atoms in total. The minimum absolute atomic E-state index is 0.0756. The van der Waals surface area contributed by atoms with Crippen LogP contribution in [0.3, 0.4) is 0 Å². The van der Waals surface area contributed by atoms with Gasteiger partial charge in [-0.25, -0.2) is 0 Å². The number of carbonyl (C=O) groups is 1. The van der Waals surface area contributed by atoms with Crippen molar-refractivity contribution in [1.29, 1.82) is 0 Å². The summed E-state index contributed by atoms with van der Waals surface area (Å²) in [6, 6.07) is 0.436. The highest BCUT2D eigenvalue weighted by molar-refractivity contribution is 7.99. The Hall–Kier alpha value is 0.110. The third kappa shape index (κ3) is 2.30. The van der Waals surface area contributed by atoms with E-state index in [9.17, 15) is 4.79 Å². The van der Waals surface area contributed by atoms with Gasteiger partial charge in [0, 0.05) is 18.3 Å². The SMILES string of the molecule is CCN(C(=O)CCl)[C@@H]1CCSC1. The Bertz CT molecular complexity index is 159. The minimum Gasteiger partial charge on any atom is -0.338 e. The second-order valence-corrected chi connectivity index (χ2v) is 4.25. The number of thioether (sulfide) groups is 1. The molecule has 0 bridgehead atoms. The predicted octanol–water partition coefficient (Wildman–Crippen LogP) is 1.58. The lowest BCUT2D eigenvalue weighted by Crippen LogP contribution is -2.40. The molecule has 0 radical (unpaired) electrons. The van der Waals surface area contributed by atoms with Gasteiger partial charge in [0.05, 0.1) is 0 Å². The number of carbonyl (C=O) groups excluding carboxylic acids is 1. The van der Waals surface area contributed by atoms with Gasteiger partial charge in [-0.2, -0.15) is 11.8 Å². The van der Waals surface area contributed by atoms with Crippen molar-refractivity contribution in [2.75, 3.05) is 23.9 Å². The Morgan fingerprint density at radius 3 is 2.92 bits per heavy atom. The predicted molar refractivity (Wildman–Crippen MR) is 53.8 cm³/mol. The number of hydrogen-bond donors (Lipinski definition) is 0. The van der Waals surface area contributed by atoms with Gasteiger partial charge in [-0.1, -0.05) is 0 Å². The molecule has 0 unspecified atom stereocenters. The molecule has 0 aromatic carbocycles. The second kappa shape index (κ2) is 4.97. The van der Waals surface area contributed by atoms with E-state index < -0.39 is 0 Å². The maximum Gasteiger partial charge on any atom is 0.237 e. The first-order chi connectivity index (χ1) is 5.79. The molecule has 12 heavy (non-hydrogen) atoms. The summed E-state index contributed by atoms with van der Waals surface area (Å²) in [5.74, 6) is 2.45. The quantitative estimate of drug-likeness (QED) is 0.655. The molecular weight excluding hydrogens is 194 g/mol. The van der Waals surface area contributed by atoms with E-state index in [2.05, 4.69) is 0 Å². The summed E-state index contributed by atoms with van der Waals surface area (Å²) in [6.07, 6.45) is 1.13. The number of nitrogens with zero attached hydrogens (tertiary/aromatic N) is 1. The van der Waals surface area contributed by atoms with Crippen molar-refractivity contribution in [3.05, 3.63) is 0 Å². The lowest BCUT2D eigenvalue weighted by atomic mass is 10.2. The Morgan fingerprint density at radius 2 is 2.50 bits per heavy atom. The van der Waals surface area contributed by atoms with Crippen molar-refractivity contribution in [1.82, 2.24) is 4.90 Å². The number of halogens is 1. The highest BCUT2D eigenvalue weighted by atomic mass is 35.5. The van der Waals surface area contributed by atoms with Crippen LogP contribution in [-0.4, -0.2) is 40.8 Å². The van der Waals surface area contributed by atoms with Gasteiger partial charge in [-0.3, -0.25) is 4.79 Å². The van der Waals surface area contributed by atoms with E-state index in [1.54, 1.807) is 0 Å². The van der Waals surface area contributed by atoms with E-state index in [0.717, 1.165) is 18.7 Å². The first-order valence-electron chi connectivity index (χ1n) is 4.22. The molecule has 1 aliphatic rings. The Balaban J connectivity index is 2.48. The van der Waals surface area contributed by atoms with Crippen molar-refractivity contribution < 1.29 is 4.79 Å². The molecule has 0 aromatic rings. The Morgan fingerprint density at radius 1 is 1.75 bits per heavy atom. The molecular formula is C8H14ClNOS. The number of rotatable bonds is 3. The maximum absolute atomic E-state index is 11.3. The van der Waals surface area contributed by atoms with Gasteiger partial charge in [0.25, 0.3) is 0 Å². The molecule has 1 saturated heterocycles. The molecule has 1 fully saturated rings. The van der Waals surface area contributed by atoms with Gasteiger partial charge in [0.15, 0.2) is 0 Å². The van der Waals surface area contributed by atoms with Crippen molar-refractivity contribution in [3.8, 4) is 0 Å². The summed E-state index contributed by atoms with van der Waals surface area (Å²) in [5.41, 5.74) is 0. The molecule has 4 heteroatoms. The van der Waals surface area contributed by atoms with Gasteiger partial charge in [-0.05, 0) is 19.1 Å². The van der Waals surface area contributed by atoms with Gasteiger partial charge < -0.3 is 4.90 Å². The highest BCUT2D eigenvalue weighted by Gasteiger charge is 2.24. The summed E-state index contributed by atoms with van der Waals surface area (Å²) < 4.78 is 0. The minimum atomic E-state index is 0.0756. The fraction of sp³-hybridized carbons (Fsp3) is 0.875. The van der Waals surface area contributed by atoms with E-state index in [-0.39, 0.29) is 11.8 Å². The largest absolute Gasteiger partial charge is 0.338 e. The number of alkyl halides is 1. The zero-order chi connectivity index (χ0) is 8.97. The number of hydrogen-bond acceptors (Lipinski definition) is 2. The van der Waals surface area contributed by atoms with Crippen LogP contribution in [0, 0.1) is 0 Å². The van der Waals surface area contributed by atoms with Crippen LogP contribution in [0.1, 0.15) is 13.3 Å². The van der Waals surface area contributed by atoms with Crippen LogP contribution in [-0.2, 0) is 4.79 Å². The van der Waals surface area contributed by atoms with Crippen molar-refractivity contribution in [3.63, 3.8) is 0 Å². The van der Waals surface area contributed by atoms with Gasteiger partial charge >= 0.3 is 0 Å². The van der Waals surface area contributed by atoms with Crippen LogP contribution < -0.4 is 0 Å². The maximum atomic E-state index is 11.3. The topological polar surface area (TPSA) is 20.3 Å². The summed E-state index contributed by atoms with van der Waals surface area (Å²) in [6.45, 7) is 2.80. The van der Waals surface area contributed by atoms with Crippen molar-refractivity contribution in [2.24, 2.45) is 0 Å². The van der Waals surface area contributed by atoms with Gasteiger partial charge in [0.1, 0.15) is 5.88 Å². The van der Waals surface area contributed by atoms with E-state index >= 15 is 0 Å². The number of amides is 1. The Kier molecular flexibility index (Phi) is 4.22. The lowest BCUT2D eigenvalue weighted by molar-refractivity contribution is -0.130. The molecule has 1 rings (SSSR count). The van der Waals surface area contributed by atoms with Crippen LogP contribution in [0.4, 0.5) is 0 Å².